The fraction of sp³-hybridized carbons (Fsp3) is 0.321. The lowest BCUT2D eigenvalue weighted by molar-refractivity contribution is -0.121. The van der Waals surface area contributed by atoms with Gasteiger partial charge in [0.05, 0.1) is 22.7 Å². The number of piperidine rings is 1. The third-order valence-corrected chi connectivity index (χ3v) is 7.79. The van der Waals surface area contributed by atoms with Crippen LogP contribution in [0.3, 0.4) is 0 Å². The summed E-state index contributed by atoms with van der Waals surface area (Å²) in [5, 5.41) is 14.9. The zero-order chi connectivity index (χ0) is 24.1. The quantitative estimate of drug-likeness (QED) is 0.500. The Kier molecular flexibility index (Phi) is 5.19. The Bertz CT molecular complexity index is 1570. The lowest BCUT2D eigenvalue weighted by Gasteiger charge is -2.37. The van der Waals surface area contributed by atoms with E-state index in [0.29, 0.717) is 0 Å². The van der Waals surface area contributed by atoms with Crippen molar-refractivity contribution in [2.45, 2.75) is 37.9 Å². The number of imidazole rings is 1. The molecule has 1 atom stereocenters. The average molecular weight is 466 g/mol. The summed E-state index contributed by atoms with van der Waals surface area (Å²) in [6.45, 7) is 1.72. The molecule has 2 aliphatic rings. The number of likely N-dealkylation sites (N-methyl/N-ethyl adjacent to an activating group) is 1. The van der Waals surface area contributed by atoms with Crippen LogP contribution >= 0.6 is 0 Å². The Labute approximate surface area is 203 Å². The van der Waals surface area contributed by atoms with Gasteiger partial charge in [0, 0.05) is 32.2 Å². The van der Waals surface area contributed by atoms with E-state index in [0.717, 1.165) is 48.9 Å². The molecule has 1 unspecified atom stereocenters. The third-order valence-electron chi connectivity index (χ3n) is 7.79. The highest BCUT2D eigenvalue weighted by Crippen LogP contribution is 2.43. The van der Waals surface area contributed by atoms with Crippen LogP contribution in [-0.4, -0.2) is 40.1 Å². The molecule has 1 aliphatic heterocycles. The van der Waals surface area contributed by atoms with Crippen LogP contribution in [0.25, 0.3) is 21.8 Å². The number of fused-ring (bicyclic) bond motifs is 1. The van der Waals surface area contributed by atoms with Crippen LogP contribution in [-0.2, 0) is 17.8 Å². The Morgan fingerprint density at radius 3 is 2.57 bits per heavy atom. The van der Waals surface area contributed by atoms with Gasteiger partial charge in [0.1, 0.15) is 6.54 Å². The van der Waals surface area contributed by atoms with Crippen LogP contribution in [0.5, 0.6) is 0 Å². The predicted octanol–water partition coefficient (Wildman–Crippen LogP) is 3.51. The molecule has 176 valence electrons. The number of carbonyl (C=O) groups excluding carboxylic acids is 1. The molecule has 0 radical (unpaired) electrons. The van der Waals surface area contributed by atoms with Crippen molar-refractivity contribution in [1.82, 2.24) is 19.4 Å². The molecule has 1 saturated heterocycles. The Balaban J connectivity index is 1.30. The molecule has 1 aromatic heterocycles. The van der Waals surface area contributed by atoms with Gasteiger partial charge in [-0.3, -0.25) is 18.8 Å². The van der Waals surface area contributed by atoms with Gasteiger partial charge in [0.2, 0.25) is 5.91 Å². The largest absolute Gasteiger partial charge is 0.358 e. The molecule has 4 aromatic rings. The van der Waals surface area contributed by atoms with Crippen molar-refractivity contribution in [3.8, 4) is 6.07 Å². The molecular formula is C28H27N5O2. The molecule has 0 spiro atoms. The van der Waals surface area contributed by atoms with Gasteiger partial charge in [0.25, 0.3) is 0 Å². The summed E-state index contributed by atoms with van der Waals surface area (Å²) >= 11 is 0. The maximum absolute atomic E-state index is 13.4. The van der Waals surface area contributed by atoms with Crippen molar-refractivity contribution in [3.63, 3.8) is 0 Å². The SMILES string of the molecule is CNC(=O)Cn1c(=O)n(C2CCN(C3Cc4cccc5ccc(C#N)c3c45)CC2)c2ccccc21. The monoisotopic (exact) mass is 465 g/mol. The second-order valence-electron chi connectivity index (χ2n) is 9.54. The number of carbonyl (C=O) groups is 1. The number of nitrogens with zero attached hydrogens (tertiary/aromatic N) is 4. The third kappa shape index (κ3) is 3.36. The minimum Gasteiger partial charge on any atom is -0.358 e. The second-order valence-corrected chi connectivity index (χ2v) is 9.54. The molecule has 2 heterocycles. The minimum atomic E-state index is -0.187. The van der Waals surface area contributed by atoms with Crippen molar-refractivity contribution >= 4 is 27.7 Å². The van der Waals surface area contributed by atoms with Crippen LogP contribution in [0.2, 0.25) is 0 Å². The van der Waals surface area contributed by atoms with E-state index in [2.05, 4.69) is 40.6 Å². The van der Waals surface area contributed by atoms with Gasteiger partial charge in [-0.25, -0.2) is 4.79 Å². The lowest BCUT2D eigenvalue weighted by atomic mass is 9.96. The second kappa shape index (κ2) is 8.40. The molecule has 6 rings (SSSR count). The van der Waals surface area contributed by atoms with Gasteiger partial charge in [-0.05, 0) is 59.4 Å². The summed E-state index contributed by atoms with van der Waals surface area (Å²) in [7, 11) is 1.59. The van der Waals surface area contributed by atoms with Crippen LogP contribution in [0, 0.1) is 11.3 Å². The van der Waals surface area contributed by atoms with Crippen LogP contribution in [0.1, 0.15) is 41.6 Å². The average Bonchev–Trinajstić information content (AvgIpc) is 3.41. The standard InChI is InChI=1S/C28H27N5O2/c1-30-25(34)17-32-22-7-2-3-8-23(22)33(28(32)35)21-11-13-31(14-12-21)24-15-19-6-4-5-18-9-10-20(16-29)27(24)26(18)19/h2-10,21,24H,11-15,17H2,1H3,(H,30,34). The van der Waals surface area contributed by atoms with E-state index < -0.39 is 0 Å². The van der Waals surface area contributed by atoms with Crippen molar-refractivity contribution in [3.05, 3.63) is 81.8 Å². The first-order valence-electron chi connectivity index (χ1n) is 12.2. The van der Waals surface area contributed by atoms with E-state index in [-0.39, 0.29) is 30.2 Å². The van der Waals surface area contributed by atoms with Gasteiger partial charge >= 0.3 is 5.69 Å². The Morgan fingerprint density at radius 2 is 1.83 bits per heavy atom. The molecule has 0 bridgehead atoms. The van der Waals surface area contributed by atoms with Crippen molar-refractivity contribution < 1.29 is 4.79 Å². The van der Waals surface area contributed by atoms with Crippen molar-refractivity contribution in [2.24, 2.45) is 0 Å². The lowest BCUT2D eigenvalue weighted by Crippen LogP contribution is -2.40. The normalized spacial score (nSPS) is 18.2. The van der Waals surface area contributed by atoms with Crippen LogP contribution < -0.4 is 11.0 Å². The highest BCUT2D eigenvalue weighted by atomic mass is 16.2. The molecular weight excluding hydrogens is 438 g/mol. The summed E-state index contributed by atoms with van der Waals surface area (Å²) in [6, 6.07) is 20.8. The molecule has 1 N–H and O–H groups in total. The smallest absolute Gasteiger partial charge is 0.329 e. The number of nitrogens with one attached hydrogen (secondary N) is 1. The first-order chi connectivity index (χ1) is 17.1. The summed E-state index contributed by atoms with van der Waals surface area (Å²) in [5.41, 5.74) is 4.79. The van der Waals surface area contributed by atoms with E-state index in [1.54, 1.807) is 11.6 Å². The number of para-hydroxylation sites is 2. The van der Waals surface area contributed by atoms with E-state index in [1.165, 1.54) is 21.9 Å². The van der Waals surface area contributed by atoms with Gasteiger partial charge in [-0.15, -0.1) is 0 Å². The van der Waals surface area contributed by atoms with Gasteiger partial charge in [-0.2, -0.15) is 5.26 Å². The first kappa shape index (κ1) is 21.6. The van der Waals surface area contributed by atoms with Gasteiger partial charge < -0.3 is 5.32 Å². The maximum atomic E-state index is 13.4. The minimum absolute atomic E-state index is 0.0168. The van der Waals surface area contributed by atoms with Crippen LogP contribution in [0.4, 0.5) is 0 Å². The number of nitriles is 1. The summed E-state index contributed by atoms with van der Waals surface area (Å²) in [6.07, 6.45) is 2.61. The fourth-order valence-electron chi connectivity index (χ4n) is 6.14. The number of amides is 1. The Morgan fingerprint density at radius 1 is 1.06 bits per heavy atom. The number of rotatable bonds is 4. The van der Waals surface area contributed by atoms with E-state index in [9.17, 15) is 14.9 Å². The summed E-state index contributed by atoms with van der Waals surface area (Å²) in [5.74, 6) is -0.187. The van der Waals surface area contributed by atoms with Crippen molar-refractivity contribution in [2.75, 3.05) is 20.1 Å². The highest BCUT2D eigenvalue weighted by Gasteiger charge is 2.35. The zero-order valence-corrected chi connectivity index (χ0v) is 19.7. The molecule has 35 heavy (non-hydrogen) atoms. The van der Waals surface area contributed by atoms with Gasteiger partial charge in [-0.1, -0.05) is 36.4 Å². The van der Waals surface area contributed by atoms with Gasteiger partial charge in [0.15, 0.2) is 0 Å². The molecule has 1 aliphatic carbocycles. The molecule has 1 amide bonds. The van der Waals surface area contributed by atoms with E-state index in [1.807, 2.05) is 34.9 Å². The number of hydrogen-bond acceptors (Lipinski definition) is 4. The summed E-state index contributed by atoms with van der Waals surface area (Å²) in [4.78, 5) is 28.0. The van der Waals surface area contributed by atoms with E-state index >= 15 is 0 Å². The first-order valence-corrected chi connectivity index (χ1v) is 12.2. The van der Waals surface area contributed by atoms with E-state index in [4.69, 9.17) is 0 Å². The van der Waals surface area contributed by atoms with Crippen molar-refractivity contribution in [1.29, 1.82) is 5.26 Å². The number of likely N-dealkylation sites (tertiary alicyclic amines) is 1. The van der Waals surface area contributed by atoms with Crippen LogP contribution in [0.15, 0.2) is 59.4 Å². The highest BCUT2D eigenvalue weighted by molar-refractivity contribution is 5.93. The molecule has 7 heteroatoms. The molecule has 3 aromatic carbocycles. The Hall–Kier alpha value is -3.89. The fourth-order valence-corrected chi connectivity index (χ4v) is 6.14. The molecule has 0 saturated carbocycles. The summed E-state index contributed by atoms with van der Waals surface area (Å²) < 4.78 is 3.47. The topological polar surface area (TPSA) is 83.1 Å². The molecule has 7 nitrogen and oxygen atoms in total. The zero-order valence-electron chi connectivity index (χ0n) is 19.7. The molecule has 1 fully saturated rings. The number of aromatic nitrogens is 2. The predicted molar refractivity (Wildman–Crippen MR) is 135 cm³/mol. The maximum Gasteiger partial charge on any atom is 0.329 e. The number of benzene rings is 3. The number of hydrogen-bond donors (Lipinski definition) is 1.